The average Bonchev–Trinajstić information content (AvgIpc) is 2.78. The zero-order valence-electron chi connectivity index (χ0n) is 14.6. The van der Waals surface area contributed by atoms with Gasteiger partial charge >= 0.3 is 0 Å². The van der Waals surface area contributed by atoms with Crippen LogP contribution in [0.2, 0.25) is 0 Å². The lowest BCUT2D eigenvalue weighted by atomic mass is 9.96. The van der Waals surface area contributed by atoms with E-state index in [0.29, 0.717) is 23.9 Å². The molecule has 23 heavy (non-hydrogen) atoms. The van der Waals surface area contributed by atoms with Crippen molar-refractivity contribution in [1.29, 1.82) is 0 Å². The van der Waals surface area contributed by atoms with Crippen LogP contribution in [-0.4, -0.2) is 25.8 Å². The fraction of sp³-hybridized carbons (Fsp3) is 0.684. The Labute approximate surface area is 142 Å². The van der Waals surface area contributed by atoms with E-state index in [1.807, 2.05) is 19.1 Å². The number of sulfonamides is 1. The van der Waals surface area contributed by atoms with Crippen molar-refractivity contribution in [3.8, 4) is 0 Å². The highest BCUT2D eigenvalue weighted by Gasteiger charge is 2.28. The molecule has 0 aliphatic carbocycles. The largest absolute Gasteiger partial charge is 0.243 e. The molecule has 0 spiro atoms. The van der Waals surface area contributed by atoms with E-state index in [-0.39, 0.29) is 0 Å². The molecule has 0 radical (unpaired) electrons. The van der Waals surface area contributed by atoms with Gasteiger partial charge in [0.05, 0.1) is 4.90 Å². The molecule has 0 bridgehead atoms. The molecule has 1 saturated heterocycles. The molecule has 4 heteroatoms. The number of unbranched alkanes of at least 4 members (excludes halogenated alkanes) is 3. The Morgan fingerprint density at radius 2 is 1.83 bits per heavy atom. The lowest BCUT2D eigenvalue weighted by Gasteiger charge is -2.24. The first-order chi connectivity index (χ1) is 11.0. The maximum atomic E-state index is 12.9. The van der Waals surface area contributed by atoms with Crippen molar-refractivity contribution < 1.29 is 8.42 Å². The highest BCUT2D eigenvalue weighted by molar-refractivity contribution is 7.89. The number of aryl methyl sites for hydroxylation is 1. The molecular formula is C19H31NO2S. The third-order valence-corrected chi connectivity index (χ3v) is 6.74. The number of rotatable bonds is 7. The minimum absolute atomic E-state index is 0.440. The topological polar surface area (TPSA) is 37.4 Å². The minimum atomic E-state index is -3.34. The van der Waals surface area contributed by atoms with Gasteiger partial charge < -0.3 is 0 Å². The van der Waals surface area contributed by atoms with E-state index in [9.17, 15) is 8.42 Å². The van der Waals surface area contributed by atoms with Crippen molar-refractivity contribution in [1.82, 2.24) is 4.31 Å². The Balaban J connectivity index is 2.03. The van der Waals surface area contributed by atoms with E-state index in [0.717, 1.165) is 18.4 Å². The van der Waals surface area contributed by atoms with E-state index in [2.05, 4.69) is 6.92 Å². The second-order valence-corrected chi connectivity index (χ2v) is 8.83. The van der Waals surface area contributed by atoms with Gasteiger partial charge in [-0.25, -0.2) is 8.42 Å². The molecule has 3 nitrogen and oxygen atoms in total. The van der Waals surface area contributed by atoms with Crippen LogP contribution >= 0.6 is 0 Å². The summed E-state index contributed by atoms with van der Waals surface area (Å²) in [5.74, 6) is 0.523. The molecule has 0 saturated carbocycles. The van der Waals surface area contributed by atoms with Gasteiger partial charge in [-0.15, -0.1) is 0 Å². The Hall–Kier alpha value is -0.870. The maximum Gasteiger partial charge on any atom is 0.243 e. The van der Waals surface area contributed by atoms with Crippen molar-refractivity contribution in [2.45, 2.75) is 70.1 Å². The molecule has 1 aliphatic heterocycles. The normalized spacial score (nSPS) is 20.3. The zero-order chi connectivity index (χ0) is 16.7. The summed E-state index contributed by atoms with van der Waals surface area (Å²) in [6.07, 6.45) is 9.52. The van der Waals surface area contributed by atoms with Crippen LogP contribution in [0.4, 0.5) is 0 Å². The number of hydrogen-bond donors (Lipinski definition) is 0. The van der Waals surface area contributed by atoms with Gasteiger partial charge in [-0.3, -0.25) is 0 Å². The smallest absolute Gasteiger partial charge is 0.207 e. The molecule has 1 fully saturated rings. The Bertz CT molecular complexity index is 566. The van der Waals surface area contributed by atoms with Gasteiger partial charge in [0.25, 0.3) is 0 Å². The van der Waals surface area contributed by atoms with Crippen LogP contribution < -0.4 is 0 Å². The highest BCUT2D eigenvalue weighted by Crippen LogP contribution is 2.26. The molecule has 2 rings (SSSR count). The molecule has 1 heterocycles. The minimum Gasteiger partial charge on any atom is -0.207 e. The molecule has 1 aromatic rings. The SMILES string of the molecule is CCCCCCC1CCCCN(S(=O)(=O)c2ccc(C)cc2)C1. The molecule has 0 aromatic heterocycles. The van der Waals surface area contributed by atoms with Gasteiger partial charge in [0, 0.05) is 13.1 Å². The Morgan fingerprint density at radius 1 is 1.09 bits per heavy atom. The van der Waals surface area contributed by atoms with Gasteiger partial charge in [0.1, 0.15) is 0 Å². The highest BCUT2D eigenvalue weighted by atomic mass is 32.2. The molecular weight excluding hydrogens is 306 g/mol. The molecule has 1 unspecified atom stereocenters. The second kappa shape index (κ2) is 8.84. The summed E-state index contributed by atoms with van der Waals surface area (Å²) in [5.41, 5.74) is 1.09. The van der Waals surface area contributed by atoms with Crippen molar-refractivity contribution in [2.75, 3.05) is 13.1 Å². The van der Waals surface area contributed by atoms with E-state index < -0.39 is 10.0 Å². The van der Waals surface area contributed by atoms with Crippen LogP contribution in [0.3, 0.4) is 0 Å². The summed E-state index contributed by atoms with van der Waals surface area (Å²) in [6, 6.07) is 7.25. The standard InChI is InChI=1S/C19H31NO2S/c1-3-4-5-6-9-18-10-7-8-15-20(16-18)23(21,22)19-13-11-17(2)12-14-19/h11-14,18H,3-10,15-16H2,1-2H3. The molecule has 1 atom stereocenters. The summed E-state index contributed by atoms with van der Waals surface area (Å²) >= 11 is 0. The second-order valence-electron chi connectivity index (χ2n) is 6.89. The summed E-state index contributed by atoms with van der Waals surface area (Å²) in [5, 5.41) is 0. The summed E-state index contributed by atoms with van der Waals surface area (Å²) in [6.45, 7) is 5.57. The molecule has 1 aliphatic rings. The first-order valence-corrected chi connectivity index (χ1v) is 10.5. The van der Waals surface area contributed by atoms with E-state index in [1.54, 1.807) is 16.4 Å². The van der Waals surface area contributed by atoms with Crippen LogP contribution in [-0.2, 0) is 10.0 Å². The molecule has 0 amide bonds. The van der Waals surface area contributed by atoms with Gasteiger partial charge in [-0.1, -0.05) is 56.7 Å². The van der Waals surface area contributed by atoms with Crippen LogP contribution in [0.25, 0.3) is 0 Å². The van der Waals surface area contributed by atoms with E-state index in [1.165, 1.54) is 38.5 Å². The summed E-state index contributed by atoms with van der Waals surface area (Å²) in [4.78, 5) is 0.440. The Kier molecular flexibility index (Phi) is 7.09. The van der Waals surface area contributed by atoms with Crippen molar-refractivity contribution in [3.63, 3.8) is 0 Å². The number of hydrogen-bond acceptors (Lipinski definition) is 2. The summed E-state index contributed by atoms with van der Waals surface area (Å²) in [7, 11) is -3.34. The van der Waals surface area contributed by atoms with E-state index >= 15 is 0 Å². The van der Waals surface area contributed by atoms with E-state index in [4.69, 9.17) is 0 Å². The van der Waals surface area contributed by atoms with Gasteiger partial charge in [-0.05, 0) is 44.2 Å². The lowest BCUT2D eigenvalue weighted by molar-refractivity contribution is 0.342. The van der Waals surface area contributed by atoms with Gasteiger partial charge in [0.2, 0.25) is 10.0 Å². The number of nitrogens with zero attached hydrogens (tertiary/aromatic N) is 1. The van der Waals surface area contributed by atoms with Gasteiger partial charge in [0.15, 0.2) is 0 Å². The van der Waals surface area contributed by atoms with Crippen molar-refractivity contribution in [3.05, 3.63) is 29.8 Å². The maximum absolute atomic E-state index is 12.9. The fourth-order valence-electron chi connectivity index (χ4n) is 3.36. The monoisotopic (exact) mass is 337 g/mol. The van der Waals surface area contributed by atoms with Crippen LogP contribution in [0, 0.1) is 12.8 Å². The predicted molar refractivity (Wildman–Crippen MR) is 96.0 cm³/mol. The number of benzene rings is 1. The summed E-state index contributed by atoms with van der Waals surface area (Å²) < 4.78 is 27.5. The Morgan fingerprint density at radius 3 is 2.52 bits per heavy atom. The van der Waals surface area contributed by atoms with Crippen molar-refractivity contribution >= 4 is 10.0 Å². The van der Waals surface area contributed by atoms with Gasteiger partial charge in [-0.2, -0.15) is 4.31 Å². The lowest BCUT2D eigenvalue weighted by Crippen LogP contribution is -2.34. The average molecular weight is 338 g/mol. The van der Waals surface area contributed by atoms with Crippen LogP contribution in [0.5, 0.6) is 0 Å². The quantitative estimate of drug-likeness (QED) is 0.673. The zero-order valence-corrected chi connectivity index (χ0v) is 15.4. The third kappa shape index (κ3) is 5.32. The van der Waals surface area contributed by atoms with Crippen LogP contribution in [0.1, 0.15) is 63.9 Å². The predicted octanol–water partition coefficient (Wildman–Crippen LogP) is 4.76. The first-order valence-electron chi connectivity index (χ1n) is 9.11. The fourth-order valence-corrected chi connectivity index (χ4v) is 4.92. The molecule has 0 N–H and O–H groups in total. The molecule has 130 valence electrons. The molecule has 1 aromatic carbocycles. The van der Waals surface area contributed by atoms with Crippen molar-refractivity contribution in [2.24, 2.45) is 5.92 Å². The third-order valence-electron chi connectivity index (χ3n) is 4.86. The first kappa shape index (κ1) is 18.5. The van der Waals surface area contributed by atoms with Crippen LogP contribution in [0.15, 0.2) is 29.2 Å².